The van der Waals surface area contributed by atoms with E-state index in [1.165, 1.54) is 44.1 Å². The summed E-state index contributed by atoms with van der Waals surface area (Å²) < 4.78 is 0. The van der Waals surface area contributed by atoms with Crippen molar-refractivity contribution in [3.05, 3.63) is 23.9 Å². The predicted molar refractivity (Wildman–Crippen MR) is 75.3 cm³/mol. The first-order valence-electron chi connectivity index (χ1n) is 6.97. The van der Waals surface area contributed by atoms with Crippen molar-refractivity contribution in [3.8, 4) is 0 Å². The van der Waals surface area contributed by atoms with Gasteiger partial charge in [0.2, 0.25) is 0 Å². The van der Waals surface area contributed by atoms with Gasteiger partial charge in [0.05, 0.1) is 0 Å². The molecule has 17 heavy (non-hydrogen) atoms. The Bertz CT molecular complexity index is 317. The minimum atomic E-state index is 0.958. The summed E-state index contributed by atoms with van der Waals surface area (Å²) in [4.78, 5) is 4.31. The average molecular weight is 230 g/mol. The molecule has 1 aromatic heterocycles. The second-order valence-corrected chi connectivity index (χ2v) is 5.28. The first-order valence-corrected chi connectivity index (χ1v) is 6.97. The summed E-state index contributed by atoms with van der Waals surface area (Å²) in [5.41, 5.74) is 2.38. The molecule has 1 aliphatic rings. The van der Waals surface area contributed by atoms with E-state index in [1.54, 1.807) is 0 Å². The molecule has 0 unspecified atom stereocenters. The maximum atomic E-state index is 4.31. The molecule has 1 fully saturated rings. The molecule has 2 rings (SSSR count). The van der Waals surface area contributed by atoms with E-state index >= 15 is 0 Å². The van der Waals surface area contributed by atoms with Gasteiger partial charge in [-0.25, -0.2) is 0 Å². The Balaban J connectivity index is 1.60. The van der Waals surface area contributed by atoms with E-state index in [4.69, 9.17) is 0 Å². The van der Waals surface area contributed by atoms with Crippen molar-refractivity contribution in [2.24, 2.45) is 5.92 Å². The van der Waals surface area contributed by atoms with Crippen LogP contribution in [0.25, 0.3) is 0 Å². The lowest BCUT2D eigenvalue weighted by Gasteiger charge is -2.21. The zero-order valence-corrected chi connectivity index (χ0v) is 10.9. The fraction of sp³-hybridized carbons (Fsp3) is 0.643. The Morgan fingerprint density at radius 2 is 2.06 bits per heavy atom. The summed E-state index contributed by atoms with van der Waals surface area (Å²) in [5.74, 6) is 0.979. The monoisotopic (exact) mass is 230 g/mol. The summed E-state index contributed by atoms with van der Waals surface area (Å²) in [5, 5.41) is 3.53. The average Bonchev–Trinajstić information content (AvgIpc) is 2.38. The van der Waals surface area contributed by atoms with Crippen molar-refractivity contribution in [2.75, 3.05) is 6.54 Å². The highest BCUT2D eigenvalue weighted by Gasteiger charge is 2.12. The Morgan fingerprint density at radius 3 is 2.76 bits per heavy atom. The van der Waals surface area contributed by atoms with Crippen LogP contribution in [0.3, 0.4) is 0 Å². The summed E-state index contributed by atoms with van der Waals surface area (Å²) in [7, 11) is 2.03. The number of rotatable bonds is 5. The SMILES string of the molecule is Bc1ccc(CNCCC2CCCCC2)cn1. The molecule has 0 amide bonds. The van der Waals surface area contributed by atoms with Gasteiger partial charge in [0.1, 0.15) is 0 Å². The number of aromatic nitrogens is 1. The second kappa shape index (κ2) is 6.80. The molecule has 3 heteroatoms. The van der Waals surface area contributed by atoms with Crippen molar-refractivity contribution >= 4 is 13.4 Å². The fourth-order valence-corrected chi connectivity index (χ4v) is 2.62. The molecule has 0 aromatic carbocycles. The predicted octanol–water partition coefficient (Wildman–Crippen LogP) is 1.40. The normalized spacial score (nSPS) is 17.2. The van der Waals surface area contributed by atoms with Crippen molar-refractivity contribution in [2.45, 2.75) is 45.1 Å². The molecule has 0 aliphatic heterocycles. The van der Waals surface area contributed by atoms with Crippen LogP contribution >= 0.6 is 0 Å². The van der Waals surface area contributed by atoms with Crippen LogP contribution in [-0.2, 0) is 6.54 Å². The summed E-state index contributed by atoms with van der Waals surface area (Å²) >= 11 is 0. The number of hydrogen-bond acceptors (Lipinski definition) is 2. The number of nitrogens with zero attached hydrogens (tertiary/aromatic N) is 1. The zero-order valence-electron chi connectivity index (χ0n) is 10.9. The first-order chi connectivity index (χ1) is 8.34. The summed E-state index contributed by atoms with van der Waals surface area (Å²) in [6, 6.07) is 4.24. The van der Waals surface area contributed by atoms with Crippen LogP contribution in [0.2, 0.25) is 0 Å². The van der Waals surface area contributed by atoms with E-state index in [2.05, 4.69) is 22.4 Å². The molecule has 0 atom stereocenters. The molecule has 1 aromatic rings. The molecule has 1 aliphatic carbocycles. The molecule has 92 valence electrons. The highest BCUT2D eigenvalue weighted by atomic mass is 14.8. The molecular weight excluding hydrogens is 207 g/mol. The molecule has 2 nitrogen and oxygen atoms in total. The van der Waals surface area contributed by atoms with Crippen LogP contribution in [0.15, 0.2) is 18.3 Å². The van der Waals surface area contributed by atoms with Crippen molar-refractivity contribution in [1.29, 1.82) is 0 Å². The lowest BCUT2D eigenvalue weighted by atomic mass is 9.87. The fourth-order valence-electron chi connectivity index (χ4n) is 2.62. The van der Waals surface area contributed by atoms with Crippen LogP contribution in [0.4, 0.5) is 0 Å². The maximum Gasteiger partial charge on any atom is 0.163 e. The van der Waals surface area contributed by atoms with Gasteiger partial charge in [-0.15, -0.1) is 0 Å². The Morgan fingerprint density at radius 1 is 1.24 bits per heavy atom. The molecular formula is C14H23BN2. The quantitative estimate of drug-likeness (QED) is 0.611. The minimum absolute atomic E-state index is 0.958. The molecule has 0 radical (unpaired) electrons. The first kappa shape index (κ1) is 12.6. The van der Waals surface area contributed by atoms with Gasteiger partial charge in [-0.1, -0.05) is 44.2 Å². The molecule has 0 saturated heterocycles. The van der Waals surface area contributed by atoms with Gasteiger partial charge in [-0.05, 0) is 30.0 Å². The maximum absolute atomic E-state index is 4.31. The highest BCUT2D eigenvalue weighted by molar-refractivity contribution is 6.30. The van der Waals surface area contributed by atoms with Crippen molar-refractivity contribution in [1.82, 2.24) is 10.3 Å². The molecule has 0 spiro atoms. The highest BCUT2D eigenvalue weighted by Crippen LogP contribution is 2.25. The van der Waals surface area contributed by atoms with E-state index in [-0.39, 0.29) is 0 Å². The van der Waals surface area contributed by atoms with Gasteiger partial charge in [-0.2, -0.15) is 0 Å². The van der Waals surface area contributed by atoms with Gasteiger partial charge >= 0.3 is 0 Å². The van der Waals surface area contributed by atoms with Crippen LogP contribution in [-0.4, -0.2) is 19.4 Å². The lowest BCUT2D eigenvalue weighted by molar-refractivity contribution is 0.334. The number of nitrogens with one attached hydrogen (secondary N) is 1. The van der Waals surface area contributed by atoms with E-state index in [9.17, 15) is 0 Å². The number of pyridine rings is 1. The Hall–Kier alpha value is -0.825. The van der Waals surface area contributed by atoms with Gasteiger partial charge in [0.15, 0.2) is 7.85 Å². The standard InChI is InChI=1S/C14H23BN2/c15-14-7-6-13(11-17-14)10-16-9-8-12-4-2-1-3-5-12/h6-7,11-12,16H,1-5,8-10,15H2. The number of hydrogen-bond donors (Lipinski definition) is 1. The third-order valence-corrected chi connectivity index (χ3v) is 3.76. The topological polar surface area (TPSA) is 24.9 Å². The van der Waals surface area contributed by atoms with Gasteiger partial charge in [0, 0.05) is 12.7 Å². The van der Waals surface area contributed by atoms with E-state index in [0.717, 1.165) is 24.6 Å². The zero-order chi connectivity index (χ0) is 11.9. The Labute approximate surface area is 106 Å². The minimum Gasteiger partial charge on any atom is -0.313 e. The van der Waals surface area contributed by atoms with Crippen LogP contribution < -0.4 is 10.9 Å². The smallest absolute Gasteiger partial charge is 0.163 e. The van der Waals surface area contributed by atoms with E-state index in [1.807, 2.05) is 14.0 Å². The van der Waals surface area contributed by atoms with Gasteiger partial charge in [0.25, 0.3) is 0 Å². The molecule has 1 heterocycles. The third-order valence-electron chi connectivity index (χ3n) is 3.76. The van der Waals surface area contributed by atoms with E-state index < -0.39 is 0 Å². The summed E-state index contributed by atoms with van der Waals surface area (Å²) in [6.07, 6.45) is 10.6. The second-order valence-electron chi connectivity index (χ2n) is 5.28. The van der Waals surface area contributed by atoms with Gasteiger partial charge in [-0.3, -0.25) is 4.98 Å². The third kappa shape index (κ3) is 4.51. The lowest BCUT2D eigenvalue weighted by Crippen LogP contribution is -2.19. The molecule has 0 bridgehead atoms. The Kier molecular flexibility index (Phi) is 5.05. The van der Waals surface area contributed by atoms with Crippen LogP contribution in [0.1, 0.15) is 44.1 Å². The summed E-state index contributed by atoms with van der Waals surface area (Å²) in [6.45, 7) is 2.11. The molecule has 1 N–H and O–H groups in total. The molecule has 1 saturated carbocycles. The van der Waals surface area contributed by atoms with Gasteiger partial charge < -0.3 is 5.32 Å². The largest absolute Gasteiger partial charge is 0.313 e. The van der Waals surface area contributed by atoms with Crippen molar-refractivity contribution in [3.63, 3.8) is 0 Å². The van der Waals surface area contributed by atoms with Crippen molar-refractivity contribution < 1.29 is 0 Å². The van der Waals surface area contributed by atoms with Crippen LogP contribution in [0.5, 0.6) is 0 Å². The van der Waals surface area contributed by atoms with E-state index in [0.29, 0.717) is 0 Å². The van der Waals surface area contributed by atoms with Crippen LogP contribution in [0, 0.1) is 5.92 Å².